The Kier molecular flexibility index (Phi) is 5.53. The number of amides is 2. The fourth-order valence-corrected chi connectivity index (χ4v) is 3.80. The highest BCUT2D eigenvalue weighted by Gasteiger charge is 2.22. The van der Waals surface area contributed by atoms with Gasteiger partial charge in [-0.25, -0.2) is 4.79 Å². The van der Waals surface area contributed by atoms with Crippen LogP contribution in [-0.4, -0.2) is 49.1 Å². The zero-order valence-corrected chi connectivity index (χ0v) is 15.2. The minimum absolute atomic E-state index is 0.0317. The van der Waals surface area contributed by atoms with Crippen molar-refractivity contribution in [2.24, 2.45) is 0 Å². The number of likely N-dealkylation sites (N-methyl/N-ethyl adjacent to an activating group) is 1. The van der Waals surface area contributed by atoms with Crippen LogP contribution >= 0.6 is 11.3 Å². The molecule has 1 aliphatic heterocycles. The molecule has 1 unspecified atom stereocenters. The number of carbonyl (C=O) groups is 1. The average molecular weight is 343 g/mol. The van der Waals surface area contributed by atoms with E-state index >= 15 is 0 Å². The van der Waals surface area contributed by atoms with Crippen molar-refractivity contribution in [3.63, 3.8) is 0 Å². The number of nitrogens with zero attached hydrogens (tertiary/aromatic N) is 2. The number of rotatable bonds is 3. The molecule has 1 fully saturated rings. The molecule has 0 bridgehead atoms. The van der Waals surface area contributed by atoms with Crippen LogP contribution in [0, 0.1) is 6.92 Å². The van der Waals surface area contributed by atoms with Gasteiger partial charge in [0.05, 0.1) is 6.04 Å². The molecule has 1 atom stereocenters. The molecule has 3 rings (SSSR count). The second kappa shape index (κ2) is 7.81. The van der Waals surface area contributed by atoms with Crippen LogP contribution in [-0.2, 0) is 0 Å². The van der Waals surface area contributed by atoms with Gasteiger partial charge < -0.3 is 15.1 Å². The summed E-state index contributed by atoms with van der Waals surface area (Å²) >= 11 is 1.68. The quantitative estimate of drug-likeness (QED) is 0.926. The summed E-state index contributed by atoms with van der Waals surface area (Å²) < 4.78 is 0. The molecular weight excluding hydrogens is 318 g/mol. The first-order valence-electron chi connectivity index (χ1n) is 8.47. The predicted molar refractivity (Wildman–Crippen MR) is 99.6 cm³/mol. The molecule has 1 N–H and O–H groups in total. The molecule has 4 nitrogen and oxygen atoms in total. The minimum atomic E-state index is -0.0842. The summed E-state index contributed by atoms with van der Waals surface area (Å²) in [6.45, 7) is 5.67. The van der Waals surface area contributed by atoms with Gasteiger partial charge in [-0.2, -0.15) is 0 Å². The van der Waals surface area contributed by atoms with E-state index in [1.54, 1.807) is 11.3 Å². The van der Waals surface area contributed by atoms with Crippen molar-refractivity contribution < 1.29 is 4.79 Å². The third-order valence-electron chi connectivity index (χ3n) is 4.51. The van der Waals surface area contributed by atoms with Gasteiger partial charge in [-0.1, -0.05) is 35.9 Å². The summed E-state index contributed by atoms with van der Waals surface area (Å²) in [5.74, 6) is 0. The molecule has 1 aromatic carbocycles. The molecule has 0 spiro atoms. The SMILES string of the molecule is Cc1ccc(C(NC(=O)N2CCCN(C)CC2)c2cccs2)cc1. The molecule has 1 aromatic heterocycles. The number of benzene rings is 1. The first kappa shape index (κ1) is 17.0. The lowest BCUT2D eigenvalue weighted by molar-refractivity contribution is 0.197. The van der Waals surface area contributed by atoms with Crippen molar-refractivity contribution in [3.8, 4) is 0 Å². The summed E-state index contributed by atoms with van der Waals surface area (Å²) in [6.07, 6.45) is 1.03. The molecule has 1 saturated heterocycles. The van der Waals surface area contributed by atoms with Crippen molar-refractivity contribution in [1.82, 2.24) is 15.1 Å². The van der Waals surface area contributed by atoms with E-state index in [0.717, 1.165) is 38.2 Å². The van der Waals surface area contributed by atoms with Gasteiger partial charge in [0.15, 0.2) is 0 Å². The van der Waals surface area contributed by atoms with Gasteiger partial charge in [0.1, 0.15) is 0 Å². The number of thiophene rings is 1. The fourth-order valence-electron chi connectivity index (χ4n) is 3.00. The summed E-state index contributed by atoms with van der Waals surface area (Å²) in [5, 5.41) is 5.31. The Labute approximate surface area is 148 Å². The summed E-state index contributed by atoms with van der Waals surface area (Å²) in [7, 11) is 2.11. The number of nitrogens with one attached hydrogen (secondary N) is 1. The van der Waals surface area contributed by atoms with Gasteiger partial charge >= 0.3 is 6.03 Å². The van der Waals surface area contributed by atoms with Gasteiger partial charge in [0.2, 0.25) is 0 Å². The van der Waals surface area contributed by atoms with E-state index in [0.29, 0.717) is 0 Å². The standard InChI is InChI=1S/C19H25N3OS/c1-15-6-8-16(9-7-15)18(17-5-3-14-24-17)20-19(23)22-11-4-10-21(2)12-13-22/h3,5-9,14,18H,4,10-13H2,1-2H3,(H,20,23). The highest BCUT2D eigenvalue weighted by molar-refractivity contribution is 7.10. The lowest BCUT2D eigenvalue weighted by Crippen LogP contribution is -2.43. The summed E-state index contributed by atoms with van der Waals surface area (Å²) in [4.78, 5) is 18.2. The van der Waals surface area contributed by atoms with Gasteiger partial charge in [0.25, 0.3) is 0 Å². The van der Waals surface area contributed by atoms with Gasteiger partial charge in [-0.3, -0.25) is 0 Å². The van der Waals surface area contributed by atoms with Crippen molar-refractivity contribution in [1.29, 1.82) is 0 Å². The van der Waals surface area contributed by atoms with E-state index in [2.05, 4.69) is 59.9 Å². The molecule has 128 valence electrons. The summed E-state index contributed by atoms with van der Waals surface area (Å²) in [6, 6.07) is 12.5. The molecular formula is C19H25N3OS. The van der Waals surface area contributed by atoms with Gasteiger partial charge in [-0.15, -0.1) is 11.3 Å². The highest BCUT2D eigenvalue weighted by atomic mass is 32.1. The highest BCUT2D eigenvalue weighted by Crippen LogP contribution is 2.26. The van der Waals surface area contributed by atoms with Gasteiger partial charge in [-0.05, 0) is 43.9 Å². The molecule has 2 aromatic rings. The molecule has 0 radical (unpaired) electrons. The number of hydrogen-bond acceptors (Lipinski definition) is 3. The molecule has 24 heavy (non-hydrogen) atoms. The van der Waals surface area contributed by atoms with E-state index in [-0.39, 0.29) is 12.1 Å². The Hall–Kier alpha value is -1.85. The normalized spacial score (nSPS) is 17.3. The van der Waals surface area contributed by atoms with Crippen molar-refractivity contribution in [3.05, 3.63) is 57.8 Å². The van der Waals surface area contributed by atoms with Crippen molar-refractivity contribution >= 4 is 17.4 Å². The maximum Gasteiger partial charge on any atom is 0.318 e. The third kappa shape index (κ3) is 4.16. The lowest BCUT2D eigenvalue weighted by Gasteiger charge is -2.25. The van der Waals surface area contributed by atoms with Crippen molar-refractivity contribution in [2.45, 2.75) is 19.4 Å². The van der Waals surface area contributed by atoms with Crippen LogP contribution in [0.25, 0.3) is 0 Å². The molecule has 2 heterocycles. The maximum atomic E-state index is 12.8. The monoisotopic (exact) mass is 343 g/mol. The third-order valence-corrected chi connectivity index (χ3v) is 5.45. The second-order valence-electron chi connectivity index (χ2n) is 6.45. The predicted octanol–water partition coefficient (Wildman–Crippen LogP) is 3.49. The van der Waals surface area contributed by atoms with E-state index in [1.165, 1.54) is 10.4 Å². The zero-order chi connectivity index (χ0) is 16.9. The molecule has 0 saturated carbocycles. The topological polar surface area (TPSA) is 35.6 Å². The number of aryl methyl sites for hydroxylation is 1. The fraction of sp³-hybridized carbons (Fsp3) is 0.421. The Morgan fingerprint density at radius 1 is 1.12 bits per heavy atom. The van der Waals surface area contributed by atoms with E-state index in [1.807, 2.05) is 11.0 Å². The maximum absolute atomic E-state index is 12.8. The minimum Gasteiger partial charge on any atom is -0.326 e. The van der Waals surface area contributed by atoms with Crippen LogP contribution in [0.15, 0.2) is 41.8 Å². The Morgan fingerprint density at radius 2 is 1.92 bits per heavy atom. The largest absolute Gasteiger partial charge is 0.326 e. The first-order chi connectivity index (χ1) is 11.6. The van der Waals surface area contributed by atoms with Crippen LogP contribution in [0.4, 0.5) is 4.79 Å². The Balaban J connectivity index is 1.76. The number of urea groups is 1. The Bertz CT molecular complexity index is 654. The van der Waals surface area contributed by atoms with Gasteiger partial charge in [0, 0.05) is 24.5 Å². The van der Waals surface area contributed by atoms with Crippen LogP contribution in [0.1, 0.15) is 28.5 Å². The second-order valence-corrected chi connectivity index (χ2v) is 7.43. The Morgan fingerprint density at radius 3 is 2.62 bits per heavy atom. The zero-order valence-electron chi connectivity index (χ0n) is 14.4. The van der Waals surface area contributed by atoms with Crippen LogP contribution < -0.4 is 5.32 Å². The van der Waals surface area contributed by atoms with E-state index in [9.17, 15) is 4.79 Å². The molecule has 1 aliphatic rings. The molecule has 0 aliphatic carbocycles. The van der Waals surface area contributed by atoms with Crippen LogP contribution in [0.2, 0.25) is 0 Å². The van der Waals surface area contributed by atoms with E-state index < -0.39 is 0 Å². The average Bonchev–Trinajstić information content (AvgIpc) is 3.02. The van der Waals surface area contributed by atoms with Crippen molar-refractivity contribution in [2.75, 3.05) is 33.2 Å². The first-order valence-corrected chi connectivity index (χ1v) is 9.35. The van der Waals surface area contributed by atoms with E-state index in [4.69, 9.17) is 0 Å². The number of carbonyl (C=O) groups excluding carboxylic acids is 1. The lowest BCUT2D eigenvalue weighted by atomic mass is 10.0. The van der Waals surface area contributed by atoms with Crippen LogP contribution in [0.5, 0.6) is 0 Å². The number of hydrogen-bond donors (Lipinski definition) is 1. The van der Waals surface area contributed by atoms with Crippen LogP contribution in [0.3, 0.4) is 0 Å². The smallest absolute Gasteiger partial charge is 0.318 e. The molecule has 2 amide bonds. The molecule has 5 heteroatoms. The summed E-state index contributed by atoms with van der Waals surface area (Å²) in [5.41, 5.74) is 2.36.